The van der Waals surface area contributed by atoms with E-state index < -0.39 is 60.5 Å². The fraction of sp³-hybridized carbons (Fsp3) is 0.810. The van der Waals surface area contributed by atoms with Crippen LogP contribution in [0, 0.1) is 17.8 Å². The third-order valence-electron chi connectivity index (χ3n) is 6.65. The highest BCUT2D eigenvalue weighted by Crippen LogP contribution is 2.60. The summed E-state index contributed by atoms with van der Waals surface area (Å²) in [4.78, 5) is 23.7. The van der Waals surface area contributed by atoms with Gasteiger partial charge in [0.2, 0.25) is 5.92 Å². The fourth-order valence-corrected chi connectivity index (χ4v) is 5.80. The highest BCUT2D eigenvalue weighted by Gasteiger charge is 2.73. The molecule has 0 N–H and O–H groups in total. The number of alkyl halides is 8. The molecule has 0 aromatic heterocycles. The summed E-state index contributed by atoms with van der Waals surface area (Å²) in [6, 6.07) is 0. The lowest BCUT2D eigenvalue weighted by Crippen LogP contribution is -2.61. The van der Waals surface area contributed by atoms with Gasteiger partial charge in [-0.25, -0.2) is 4.79 Å². The molecule has 4 aliphatic carbocycles. The van der Waals surface area contributed by atoms with Gasteiger partial charge >= 0.3 is 30.2 Å². The van der Waals surface area contributed by atoms with Gasteiger partial charge in [-0.15, -0.1) is 0 Å². The predicted octanol–water partition coefficient (Wildman–Crippen LogP) is 5.13. The van der Waals surface area contributed by atoms with Crippen LogP contribution in [0.3, 0.4) is 0 Å². The van der Waals surface area contributed by atoms with Crippen molar-refractivity contribution in [3.8, 4) is 0 Å². The van der Waals surface area contributed by atoms with Gasteiger partial charge < -0.3 is 14.2 Å². The summed E-state index contributed by atoms with van der Waals surface area (Å²) in [5.41, 5.74) is -1.41. The van der Waals surface area contributed by atoms with E-state index in [0.29, 0.717) is 25.7 Å². The van der Waals surface area contributed by atoms with Crippen LogP contribution in [-0.2, 0) is 23.8 Å². The number of rotatable bonds is 8. The molecule has 0 radical (unpaired) electrons. The maximum atomic E-state index is 13.3. The minimum Gasteiger partial charge on any atom is -0.463 e. The maximum absolute atomic E-state index is 13.3. The second kappa shape index (κ2) is 8.63. The van der Waals surface area contributed by atoms with Crippen molar-refractivity contribution in [1.29, 1.82) is 0 Å². The molecule has 4 saturated carbocycles. The molecule has 4 aliphatic rings. The Bertz CT molecular complexity index is 820. The number of ether oxygens (including phenoxy) is 3. The summed E-state index contributed by atoms with van der Waals surface area (Å²) >= 11 is 0. The van der Waals surface area contributed by atoms with E-state index in [1.165, 1.54) is 6.92 Å². The van der Waals surface area contributed by atoms with E-state index in [4.69, 9.17) is 9.47 Å². The van der Waals surface area contributed by atoms with Crippen LogP contribution in [0.2, 0.25) is 0 Å². The van der Waals surface area contributed by atoms with E-state index in [2.05, 4.69) is 11.3 Å². The lowest BCUT2D eigenvalue weighted by Gasteiger charge is -2.60. The predicted molar refractivity (Wildman–Crippen MR) is 98.5 cm³/mol. The molecule has 0 aromatic carbocycles. The molecule has 3 unspecified atom stereocenters. The Morgan fingerprint density at radius 2 is 1.47 bits per heavy atom. The summed E-state index contributed by atoms with van der Waals surface area (Å²) in [5, 5.41) is 0. The van der Waals surface area contributed by atoms with Crippen LogP contribution in [0.25, 0.3) is 0 Å². The monoisotopic (exact) mass is 508 g/mol. The first-order chi connectivity index (χ1) is 15.4. The normalized spacial score (nSPS) is 31.8. The number of hydrogen-bond donors (Lipinski definition) is 0. The highest BCUT2D eigenvalue weighted by molar-refractivity contribution is 5.87. The van der Waals surface area contributed by atoms with Crippen LogP contribution in [0.4, 0.5) is 35.1 Å². The van der Waals surface area contributed by atoms with Crippen molar-refractivity contribution in [3.63, 3.8) is 0 Å². The number of hydrogen-bond acceptors (Lipinski definition) is 5. The van der Waals surface area contributed by atoms with Crippen molar-refractivity contribution in [1.82, 2.24) is 0 Å². The fourth-order valence-electron chi connectivity index (χ4n) is 5.80. The Morgan fingerprint density at radius 3 is 1.94 bits per heavy atom. The Kier molecular flexibility index (Phi) is 6.77. The van der Waals surface area contributed by atoms with Gasteiger partial charge in [0.1, 0.15) is 12.2 Å². The summed E-state index contributed by atoms with van der Waals surface area (Å²) in [6.07, 6.45) is -9.27. The minimum absolute atomic E-state index is 0.154. The first-order valence-corrected chi connectivity index (χ1v) is 10.6. The molecule has 0 aliphatic heterocycles. The third-order valence-corrected chi connectivity index (χ3v) is 6.65. The van der Waals surface area contributed by atoms with Gasteiger partial charge in [0.05, 0.1) is 12.2 Å². The number of carbonyl (C=O) groups excluding carboxylic acids is 2. The van der Waals surface area contributed by atoms with Crippen molar-refractivity contribution in [2.75, 3.05) is 13.2 Å². The van der Waals surface area contributed by atoms with Gasteiger partial charge in [-0.3, -0.25) is 4.79 Å². The van der Waals surface area contributed by atoms with E-state index >= 15 is 0 Å². The molecule has 5 nitrogen and oxygen atoms in total. The molecule has 194 valence electrons. The zero-order valence-electron chi connectivity index (χ0n) is 18.2. The van der Waals surface area contributed by atoms with E-state index in [1.807, 2.05) is 0 Å². The summed E-state index contributed by atoms with van der Waals surface area (Å²) in [7, 11) is 0. The Hall–Kier alpha value is -1.92. The average molecular weight is 508 g/mol. The molecular formula is C21H24F8O5. The molecular weight excluding hydrogens is 484 g/mol. The SMILES string of the molecule is C=C(C)C(=O)OC12CC3CC(CC(OCCOC(=O)C(C(F)(F)F)C(F)(F)C(F)(F)F)(C3)C1)C2. The van der Waals surface area contributed by atoms with E-state index in [9.17, 15) is 44.7 Å². The van der Waals surface area contributed by atoms with Crippen molar-refractivity contribution in [3.05, 3.63) is 12.2 Å². The first kappa shape index (κ1) is 26.7. The van der Waals surface area contributed by atoms with Crippen LogP contribution < -0.4 is 0 Å². The van der Waals surface area contributed by atoms with E-state index in [-0.39, 0.29) is 23.8 Å². The zero-order chi connectivity index (χ0) is 25.7. The van der Waals surface area contributed by atoms with E-state index in [0.717, 1.165) is 6.42 Å². The smallest absolute Gasteiger partial charge is 0.454 e. The first-order valence-electron chi connectivity index (χ1n) is 10.6. The van der Waals surface area contributed by atoms with Crippen LogP contribution in [-0.4, -0.2) is 54.6 Å². The molecule has 4 fully saturated rings. The molecule has 0 saturated heterocycles. The van der Waals surface area contributed by atoms with Gasteiger partial charge in [-0.2, -0.15) is 35.1 Å². The average Bonchev–Trinajstić information content (AvgIpc) is 2.61. The molecule has 3 atom stereocenters. The second-order valence-electron chi connectivity index (χ2n) is 9.61. The topological polar surface area (TPSA) is 61.8 Å². The summed E-state index contributed by atoms with van der Waals surface area (Å²) < 4.78 is 118. The lowest BCUT2D eigenvalue weighted by molar-refractivity contribution is -0.340. The van der Waals surface area contributed by atoms with Gasteiger partial charge in [-0.05, 0) is 50.9 Å². The van der Waals surface area contributed by atoms with Crippen LogP contribution >= 0.6 is 0 Å². The number of carbonyl (C=O) groups is 2. The van der Waals surface area contributed by atoms with Crippen LogP contribution in [0.15, 0.2) is 12.2 Å². The van der Waals surface area contributed by atoms with Gasteiger partial charge in [-0.1, -0.05) is 6.58 Å². The van der Waals surface area contributed by atoms with Gasteiger partial charge in [0.25, 0.3) is 0 Å². The van der Waals surface area contributed by atoms with Crippen molar-refractivity contribution >= 4 is 11.9 Å². The largest absolute Gasteiger partial charge is 0.463 e. The van der Waals surface area contributed by atoms with Gasteiger partial charge in [0, 0.05) is 12.0 Å². The standard InChI is InChI=1S/C21H24F8O5/c1-11(2)15(30)34-18-8-12-5-13(9-18)7-17(6-12,10-18)33-4-3-32-16(31)14(20(24,25)26)19(22,23)21(27,28)29/h12-14H,1,3-10H2,2H3. The Labute approximate surface area is 189 Å². The lowest BCUT2D eigenvalue weighted by atomic mass is 9.52. The molecule has 4 rings (SSSR count). The Balaban J connectivity index is 1.62. The second-order valence-corrected chi connectivity index (χ2v) is 9.61. The van der Waals surface area contributed by atoms with Crippen LogP contribution in [0.5, 0.6) is 0 Å². The molecule has 0 aromatic rings. The molecule has 0 spiro atoms. The Morgan fingerprint density at radius 1 is 0.941 bits per heavy atom. The molecule has 0 amide bonds. The maximum Gasteiger partial charge on any atom is 0.454 e. The van der Waals surface area contributed by atoms with E-state index in [1.54, 1.807) is 0 Å². The minimum atomic E-state index is -6.60. The highest BCUT2D eigenvalue weighted by atomic mass is 19.4. The zero-order valence-corrected chi connectivity index (χ0v) is 18.2. The molecule has 4 bridgehead atoms. The summed E-state index contributed by atoms with van der Waals surface area (Å²) in [6.45, 7) is 3.59. The number of esters is 2. The van der Waals surface area contributed by atoms with Crippen molar-refractivity contribution in [2.45, 2.75) is 74.9 Å². The third kappa shape index (κ3) is 5.18. The number of halogens is 8. The summed E-state index contributed by atoms with van der Waals surface area (Å²) in [5.74, 6) is -14.0. The van der Waals surface area contributed by atoms with Crippen LogP contribution in [0.1, 0.15) is 45.4 Å². The molecule has 34 heavy (non-hydrogen) atoms. The van der Waals surface area contributed by atoms with Crippen molar-refractivity contribution in [2.24, 2.45) is 17.8 Å². The quantitative estimate of drug-likeness (QED) is 0.197. The van der Waals surface area contributed by atoms with Gasteiger partial charge in [0.15, 0.2) is 0 Å². The molecule has 13 heteroatoms. The van der Waals surface area contributed by atoms with Crippen molar-refractivity contribution < 1.29 is 58.9 Å². The molecule has 0 heterocycles.